The number of furan rings is 1. The number of hydrogen-bond donors (Lipinski definition) is 1. The van der Waals surface area contributed by atoms with Crippen LogP contribution in [0.1, 0.15) is 33.5 Å². The highest BCUT2D eigenvalue weighted by molar-refractivity contribution is 7.89. The van der Waals surface area contributed by atoms with Crippen LogP contribution < -0.4 is 5.32 Å². The van der Waals surface area contributed by atoms with Crippen molar-refractivity contribution < 1.29 is 27.2 Å². The second-order valence-corrected chi connectivity index (χ2v) is 9.42. The molecule has 0 aliphatic rings. The molecule has 3 rings (SSSR count). The summed E-state index contributed by atoms with van der Waals surface area (Å²) in [5, 5.41) is 5.17. The Morgan fingerprint density at radius 2 is 1.96 bits per heavy atom. The van der Waals surface area contributed by atoms with E-state index in [1.807, 2.05) is 11.4 Å². The maximum Gasteiger partial charge on any atom is 0.307 e. The fraction of sp³-hybridized carbons (Fsp3) is 0.263. The molecule has 7 nitrogen and oxygen atoms in total. The highest BCUT2D eigenvalue weighted by Gasteiger charge is 2.27. The number of amides is 1. The first-order valence-electron chi connectivity index (χ1n) is 8.37. The van der Waals surface area contributed by atoms with Crippen molar-refractivity contribution in [3.05, 3.63) is 58.0 Å². The maximum absolute atomic E-state index is 12.9. The zero-order valence-electron chi connectivity index (χ0n) is 15.3. The van der Waals surface area contributed by atoms with Gasteiger partial charge in [0.15, 0.2) is 15.6 Å². The molecule has 0 saturated carbocycles. The maximum atomic E-state index is 12.9. The van der Waals surface area contributed by atoms with Crippen LogP contribution in [0.15, 0.2) is 46.2 Å². The van der Waals surface area contributed by atoms with Crippen LogP contribution in [0.4, 0.5) is 0 Å². The summed E-state index contributed by atoms with van der Waals surface area (Å²) in [7, 11) is -2.12. The lowest BCUT2D eigenvalue weighted by molar-refractivity contribution is -0.141. The Labute approximate surface area is 166 Å². The average Bonchev–Trinajstić information content (AvgIpc) is 3.28. The van der Waals surface area contributed by atoms with Gasteiger partial charge in [0, 0.05) is 22.1 Å². The number of benzene rings is 1. The van der Waals surface area contributed by atoms with Gasteiger partial charge in [-0.15, -0.1) is 11.3 Å². The number of nitrogens with one attached hydrogen (secondary N) is 1. The normalized spacial score (nSPS) is 12.6. The van der Waals surface area contributed by atoms with E-state index in [4.69, 9.17) is 9.15 Å². The minimum atomic E-state index is -3.40. The van der Waals surface area contributed by atoms with E-state index in [0.717, 1.165) is 11.1 Å². The fourth-order valence-electron chi connectivity index (χ4n) is 2.87. The lowest BCUT2D eigenvalue weighted by atomic mass is 10.1. The topological polar surface area (TPSA) is 103 Å². The number of esters is 1. The van der Waals surface area contributed by atoms with Crippen molar-refractivity contribution in [3.63, 3.8) is 0 Å². The first-order chi connectivity index (χ1) is 13.3. The molecule has 1 atom stereocenters. The summed E-state index contributed by atoms with van der Waals surface area (Å²) in [6.45, 7) is 0. The Bertz CT molecular complexity index is 1100. The van der Waals surface area contributed by atoms with E-state index >= 15 is 0 Å². The summed E-state index contributed by atoms with van der Waals surface area (Å²) < 4.78 is 34.1. The van der Waals surface area contributed by atoms with Crippen LogP contribution >= 0.6 is 11.3 Å². The molecule has 0 bridgehead atoms. The molecular weight excluding hydrogens is 402 g/mol. The Balaban J connectivity index is 1.97. The van der Waals surface area contributed by atoms with Crippen molar-refractivity contribution in [2.24, 2.45) is 0 Å². The molecule has 28 heavy (non-hydrogen) atoms. The Hall–Kier alpha value is -2.65. The number of fused-ring (bicyclic) bond motifs is 1. The molecule has 0 radical (unpaired) electrons. The molecule has 3 aromatic rings. The van der Waals surface area contributed by atoms with Crippen LogP contribution in [0.5, 0.6) is 0 Å². The molecule has 1 amide bonds. The zero-order chi connectivity index (χ0) is 20.3. The van der Waals surface area contributed by atoms with Crippen LogP contribution in [0.3, 0.4) is 0 Å². The average molecular weight is 421 g/mol. The SMILES string of the molecule is COC(=O)CC(NC(=O)c1oc2ccccc2c1CS(C)(=O)=O)c1cccs1. The van der Waals surface area contributed by atoms with Gasteiger partial charge in [0.25, 0.3) is 5.91 Å². The van der Waals surface area contributed by atoms with E-state index < -0.39 is 27.8 Å². The van der Waals surface area contributed by atoms with Crippen LogP contribution in [-0.4, -0.2) is 33.7 Å². The number of sulfone groups is 1. The first kappa shape index (κ1) is 20.1. The van der Waals surface area contributed by atoms with Gasteiger partial charge in [-0.25, -0.2) is 8.42 Å². The Morgan fingerprint density at radius 3 is 2.61 bits per heavy atom. The minimum absolute atomic E-state index is 0.0512. The molecule has 1 unspecified atom stereocenters. The van der Waals surface area contributed by atoms with Crippen molar-refractivity contribution in [3.8, 4) is 0 Å². The van der Waals surface area contributed by atoms with Crippen molar-refractivity contribution >= 4 is 44.0 Å². The van der Waals surface area contributed by atoms with E-state index in [1.54, 1.807) is 30.3 Å². The predicted molar refractivity (Wildman–Crippen MR) is 106 cm³/mol. The molecule has 2 aromatic heterocycles. The summed E-state index contributed by atoms with van der Waals surface area (Å²) in [4.78, 5) is 25.5. The van der Waals surface area contributed by atoms with Gasteiger partial charge in [-0.05, 0) is 17.5 Å². The zero-order valence-corrected chi connectivity index (χ0v) is 16.9. The monoisotopic (exact) mass is 421 g/mol. The van der Waals surface area contributed by atoms with Crippen molar-refractivity contribution in [1.29, 1.82) is 0 Å². The van der Waals surface area contributed by atoms with Gasteiger partial charge in [0.05, 0.1) is 25.3 Å². The van der Waals surface area contributed by atoms with E-state index in [1.165, 1.54) is 18.4 Å². The third-order valence-electron chi connectivity index (χ3n) is 4.10. The molecule has 0 spiro atoms. The number of carbonyl (C=O) groups excluding carboxylic acids is 2. The highest BCUT2D eigenvalue weighted by atomic mass is 32.2. The van der Waals surface area contributed by atoms with Crippen molar-refractivity contribution in [1.82, 2.24) is 5.32 Å². The molecule has 0 aliphatic carbocycles. The van der Waals surface area contributed by atoms with Gasteiger partial charge in [0.1, 0.15) is 5.58 Å². The number of carbonyl (C=O) groups is 2. The molecule has 0 aliphatic heterocycles. The van der Waals surface area contributed by atoms with Gasteiger partial charge < -0.3 is 14.5 Å². The number of rotatable bonds is 7. The molecule has 0 saturated heterocycles. The van der Waals surface area contributed by atoms with E-state index in [2.05, 4.69) is 5.32 Å². The van der Waals surface area contributed by atoms with E-state index in [0.29, 0.717) is 16.5 Å². The third kappa shape index (κ3) is 4.60. The summed E-state index contributed by atoms with van der Waals surface area (Å²) in [5.41, 5.74) is 0.727. The Morgan fingerprint density at radius 1 is 1.21 bits per heavy atom. The molecule has 0 fully saturated rings. The number of ether oxygens (including phenoxy) is 1. The molecular formula is C19H19NO6S2. The van der Waals surface area contributed by atoms with Crippen molar-refractivity contribution in [2.45, 2.75) is 18.2 Å². The molecule has 2 heterocycles. The molecule has 9 heteroatoms. The second-order valence-electron chi connectivity index (χ2n) is 6.30. The summed E-state index contributed by atoms with van der Waals surface area (Å²) in [6.07, 6.45) is 1.05. The van der Waals surface area contributed by atoms with Crippen LogP contribution in [0.25, 0.3) is 11.0 Å². The van der Waals surface area contributed by atoms with Crippen molar-refractivity contribution in [2.75, 3.05) is 13.4 Å². The molecule has 148 valence electrons. The van der Waals surface area contributed by atoms with Gasteiger partial charge in [-0.1, -0.05) is 24.3 Å². The standard InChI is InChI=1S/C19H19NO6S2/c1-25-17(21)10-14(16-8-5-9-27-16)20-19(22)18-13(11-28(2,23)24)12-6-3-4-7-15(12)26-18/h3-9,14H,10-11H2,1-2H3,(H,20,22). The molecule has 1 N–H and O–H groups in total. The van der Waals surface area contributed by atoms with Crippen LogP contribution in [0.2, 0.25) is 0 Å². The number of thiophene rings is 1. The lowest BCUT2D eigenvalue weighted by Crippen LogP contribution is -2.30. The minimum Gasteiger partial charge on any atom is -0.469 e. The first-order valence-corrected chi connectivity index (χ1v) is 11.3. The lowest BCUT2D eigenvalue weighted by Gasteiger charge is -2.16. The Kier molecular flexibility index (Phi) is 5.85. The quantitative estimate of drug-likeness (QED) is 0.588. The van der Waals surface area contributed by atoms with Gasteiger partial charge in [0.2, 0.25) is 0 Å². The van der Waals surface area contributed by atoms with Crippen LogP contribution in [-0.2, 0) is 25.1 Å². The van der Waals surface area contributed by atoms with Gasteiger partial charge in [-0.2, -0.15) is 0 Å². The van der Waals surface area contributed by atoms with E-state index in [-0.39, 0.29) is 17.9 Å². The third-order valence-corrected chi connectivity index (χ3v) is 5.90. The second kappa shape index (κ2) is 8.15. The molecule has 1 aromatic carbocycles. The summed E-state index contributed by atoms with van der Waals surface area (Å²) in [5.74, 6) is -1.46. The smallest absolute Gasteiger partial charge is 0.307 e. The number of hydrogen-bond acceptors (Lipinski definition) is 7. The van der Waals surface area contributed by atoms with E-state index in [9.17, 15) is 18.0 Å². The highest BCUT2D eigenvalue weighted by Crippen LogP contribution is 2.29. The fourth-order valence-corrected chi connectivity index (χ4v) is 4.46. The summed E-state index contributed by atoms with van der Waals surface area (Å²) in [6, 6.07) is 9.87. The number of para-hydroxylation sites is 1. The number of methoxy groups -OCH3 is 1. The summed E-state index contributed by atoms with van der Waals surface area (Å²) >= 11 is 1.39. The predicted octanol–water partition coefficient (Wildman–Crippen LogP) is 3.07. The van der Waals surface area contributed by atoms with Crippen LogP contribution in [0, 0.1) is 0 Å². The van der Waals surface area contributed by atoms with Gasteiger partial charge >= 0.3 is 5.97 Å². The largest absolute Gasteiger partial charge is 0.469 e. The van der Waals surface area contributed by atoms with Gasteiger partial charge in [-0.3, -0.25) is 9.59 Å².